The van der Waals surface area contributed by atoms with Crippen molar-refractivity contribution in [3.8, 4) is 9.75 Å². The molecule has 0 aliphatic rings. The molecule has 0 aliphatic heterocycles. The number of aryl methyl sites for hydroxylation is 1. The summed E-state index contributed by atoms with van der Waals surface area (Å²) in [6, 6.07) is 4.22. The number of carbonyl (C=O) groups excluding carboxylic acids is 1. The molecule has 0 aromatic carbocycles. The van der Waals surface area contributed by atoms with Crippen molar-refractivity contribution in [3.63, 3.8) is 0 Å². The minimum atomic E-state index is -0.327. The van der Waals surface area contributed by atoms with Crippen molar-refractivity contribution in [2.75, 3.05) is 12.3 Å². The number of ether oxygens (including phenoxy) is 1. The van der Waals surface area contributed by atoms with Crippen LogP contribution in [0.4, 0.5) is 5.69 Å². The highest BCUT2D eigenvalue weighted by Gasteiger charge is 2.21. The number of hydrogen-bond donors (Lipinski definition) is 1. The highest BCUT2D eigenvalue weighted by atomic mass is 32.1. The Morgan fingerprint density at radius 2 is 2.05 bits per heavy atom. The Morgan fingerprint density at radius 3 is 2.63 bits per heavy atom. The van der Waals surface area contributed by atoms with Crippen molar-refractivity contribution in [2.24, 2.45) is 0 Å². The zero-order chi connectivity index (χ0) is 14.0. The fourth-order valence-corrected chi connectivity index (χ4v) is 4.04. The Kier molecular flexibility index (Phi) is 4.27. The van der Waals surface area contributed by atoms with Crippen LogP contribution < -0.4 is 5.73 Å². The van der Waals surface area contributed by atoms with E-state index in [1.54, 1.807) is 18.3 Å². The number of anilines is 1. The Balaban J connectivity index is 2.42. The van der Waals surface area contributed by atoms with E-state index >= 15 is 0 Å². The Bertz CT molecular complexity index is 599. The van der Waals surface area contributed by atoms with E-state index < -0.39 is 0 Å². The summed E-state index contributed by atoms with van der Waals surface area (Å²) >= 11 is 3.17. The second kappa shape index (κ2) is 5.75. The van der Waals surface area contributed by atoms with Crippen LogP contribution in [-0.2, 0) is 11.2 Å². The van der Waals surface area contributed by atoms with Gasteiger partial charge in [-0.1, -0.05) is 6.92 Å². The quantitative estimate of drug-likeness (QED) is 0.864. The van der Waals surface area contributed by atoms with Crippen molar-refractivity contribution in [1.29, 1.82) is 0 Å². The molecular weight excluding hydrogens is 278 g/mol. The van der Waals surface area contributed by atoms with Crippen LogP contribution in [0, 0.1) is 6.92 Å². The predicted octanol–water partition coefficient (Wildman–Crippen LogP) is 4.11. The summed E-state index contributed by atoms with van der Waals surface area (Å²) in [5, 5.41) is 0. The van der Waals surface area contributed by atoms with Gasteiger partial charge in [0.1, 0.15) is 4.88 Å². The minimum absolute atomic E-state index is 0.327. The van der Waals surface area contributed by atoms with E-state index in [-0.39, 0.29) is 5.97 Å². The molecule has 0 bridgehead atoms. The van der Waals surface area contributed by atoms with Crippen LogP contribution in [-0.4, -0.2) is 12.6 Å². The van der Waals surface area contributed by atoms with Gasteiger partial charge in [-0.05, 0) is 38.0 Å². The zero-order valence-corrected chi connectivity index (χ0v) is 12.9. The first-order valence-corrected chi connectivity index (χ1v) is 7.86. The molecule has 0 aliphatic carbocycles. The second-order valence-electron chi connectivity index (χ2n) is 4.14. The first-order valence-electron chi connectivity index (χ1n) is 6.23. The smallest absolute Gasteiger partial charge is 0.350 e. The van der Waals surface area contributed by atoms with Gasteiger partial charge in [0.15, 0.2) is 0 Å². The maximum absolute atomic E-state index is 11.8. The minimum Gasteiger partial charge on any atom is -0.462 e. The van der Waals surface area contributed by atoms with Gasteiger partial charge in [-0.3, -0.25) is 0 Å². The molecule has 0 amide bonds. The van der Waals surface area contributed by atoms with Gasteiger partial charge in [0.25, 0.3) is 0 Å². The summed E-state index contributed by atoms with van der Waals surface area (Å²) in [6.45, 7) is 6.25. The lowest BCUT2D eigenvalue weighted by molar-refractivity contribution is 0.0533. The molecule has 0 radical (unpaired) electrons. The van der Waals surface area contributed by atoms with Crippen LogP contribution in [0.25, 0.3) is 9.75 Å². The molecule has 0 fully saturated rings. The summed E-state index contributed by atoms with van der Waals surface area (Å²) < 4.78 is 5.03. The van der Waals surface area contributed by atoms with E-state index in [1.165, 1.54) is 21.1 Å². The zero-order valence-electron chi connectivity index (χ0n) is 11.3. The SMILES string of the molecule is CCOC(=O)c1sc(-c2ccc(CC)s2)c(C)c1N. The van der Waals surface area contributed by atoms with E-state index in [1.807, 2.05) is 6.92 Å². The number of thiophene rings is 2. The molecule has 2 N–H and O–H groups in total. The normalized spacial score (nSPS) is 10.7. The third-order valence-electron chi connectivity index (χ3n) is 2.89. The van der Waals surface area contributed by atoms with Crippen molar-refractivity contribution in [3.05, 3.63) is 27.5 Å². The molecule has 0 saturated carbocycles. The molecule has 0 saturated heterocycles. The van der Waals surface area contributed by atoms with Gasteiger partial charge in [0, 0.05) is 9.75 Å². The molecule has 2 rings (SSSR count). The highest BCUT2D eigenvalue weighted by molar-refractivity contribution is 7.23. The molecule has 0 unspecified atom stereocenters. The summed E-state index contributed by atoms with van der Waals surface area (Å²) in [5.41, 5.74) is 7.54. The van der Waals surface area contributed by atoms with Crippen molar-refractivity contribution in [2.45, 2.75) is 27.2 Å². The number of rotatable bonds is 4. The average molecular weight is 295 g/mol. The number of hydrogen-bond acceptors (Lipinski definition) is 5. The van der Waals surface area contributed by atoms with Gasteiger partial charge in [0.2, 0.25) is 0 Å². The van der Waals surface area contributed by atoms with Crippen LogP contribution in [0.15, 0.2) is 12.1 Å². The van der Waals surface area contributed by atoms with Gasteiger partial charge < -0.3 is 10.5 Å². The van der Waals surface area contributed by atoms with Gasteiger partial charge >= 0.3 is 5.97 Å². The van der Waals surface area contributed by atoms with Crippen molar-refractivity contribution in [1.82, 2.24) is 0 Å². The molecule has 2 aromatic heterocycles. The van der Waals surface area contributed by atoms with Gasteiger partial charge in [-0.2, -0.15) is 0 Å². The third-order valence-corrected chi connectivity index (χ3v) is 5.59. The summed E-state index contributed by atoms with van der Waals surface area (Å²) in [7, 11) is 0. The molecule has 2 aromatic rings. The monoisotopic (exact) mass is 295 g/mol. The lowest BCUT2D eigenvalue weighted by atomic mass is 10.2. The number of nitrogen functional groups attached to an aromatic ring is 1. The van der Waals surface area contributed by atoms with Crippen LogP contribution >= 0.6 is 22.7 Å². The standard InChI is InChI=1S/C14H17NO2S2/c1-4-9-6-7-10(18-9)12-8(3)11(15)13(19-12)14(16)17-5-2/h6-7H,4-5,15H2,1-3H3. The largest absolute Gasteiger partial charge is 0.462 e. The van der Waals surface area contributed by atoms with Crippen LogP contribution in [0.5, 0.6) is 0 Å². The molecule has 5 heteroatoms. The van der Waals surface area contributed by atoms with E-state index in [2.05, 4.69) is 19.1 Å². The van der Waals surface area contributed by atoms with Gasteiger partial charge in [0.05, 0.1) is 17.2 Å². The molecule has 19 heavy (non-hydrogen) atoms. The van der Waals surface area contributed by atoms with Crippen LogP contribution in [0.3, 0.4) is 0 Å². The summed E-state index contributed by atoms with van der Waals surface area (Å²) in [5.74, 6) is -0.327. The third kappa shape index (κ3) is 2.67. The van der Waals surface area contributed by atoms with Gasteiger partial charge in [-0.25, -0.2) is 4.79 Å². The molecule has 0 spiro atoms. The van der Waals surface area contributed by atoms with E-state index in [4.69, 9.17) is 10.5 Å². The fourth-order valence-electron chi connectivity index (χ4n) is 1.80. The molecule has 102 valence electrons. The maximum Gasteiger partial charge on any atom is 0.350 e. The maximum atomic E-state index is 11.8. The fraction of sp³-hybridized carbons (Fsp3) is 0.357. The summed E-state index contributed by atoms with van der Waals surface area (Å²) in [4.78, 5) is 15.9. The Hall–Kier alpha value is -1.33. The lowest BCUT2D eigenvalue weighted by Crippen LogP contribution is -2.05. The van der Waals surface area contributed by atoms with Crippen molar-refractivity contribution < 1.29 is 9.53 Å². The highest BCUT2D eigenvalue weighted by Crippen LogP contribution is 2.41. The van der Waals surface area contributed by atoms with E-state index in [0.29, 0.717) is 17.2 Å². The Labute approximate surface area is 121 Å². The van der Waals surface area contributed by atoms with Crippen LogP contribution in [0.2, 0.25) is 0 Å². The van der Waals surface area contributed by atoms with E-state index in [0.717, 1.165) is 16.9 Å². The number of nitrogens with two attached hydrogens (primary N) is 1. The summed E-state index contributed by atoms with van der Waals surface area (Å²) in [6.07, 6.45) is 1.02. The van der Waals surface area contributed by atoms with Crippen LogP contribution in [0.1, 0.15) is 34.0 Å². The molecule has 2 heterocycles. The lowest BCUT2D eigenvalue weighted by Gasteiger charge is -1.99. The van der Waals surface area contributed by atoms with Gasteiger partial charge in [-0.15, -0.1) is 22.7 Å². The van der Waals surface area contributed by atoms with E-state index in [9.17, 15) is 4.79 Å². The topological polar surface area (TPSA) is 52.3 Å². The Morgan fingerprint density at radius 1 is 1.32 bits per heavy atom. The second-order valence-corrected chi connectivity index (χ2v) is 6.33. The molecule has 3 nitrogen and oxygen atoms in total. The number of esters is 1. The number of carbonyl (C=O) groups is 1. The predicted molar refractivity (Wildman–Crippen MR) is 82.1 cm³/mol. The molecule has 0 atom stereocenters. The first-order chi connectivity index (χ1) is 9.08. The van der Waals surface area contributed by atoms with Crippen molar-refractivity contribution >= 4 is 34.3 Å². The molecular formula is C14H17NO2S2. The average Bonchev–Trinajstić information content (AvgIpc) is 2.97. The first kappa shape index (κ1) is 14.1.